The first-order valence-electron chi connectivity index (χ1n) is 28.5. The third-order valence-electron chi connectivity index (χ3n) is 15.7. The largest absolute Gasteiger partial charge is 0.493 e. The van der Waals surface area contributed by atoms with Gasteiger partial charge in [0.1, 0.15) is 13.2 Å². The molecule has 84 heavy (non-hydrogen) atoms. The second-order valence-corrected chi connectivity index (χ2v) is 26.9. The van der Waals surface area contributed by atoms with Crippen LogP contribution in [0, 0.1) is 0 Å². The van der Waals surface area contributed by atoms with Gasteiger partial charge in [0.2, 0.25) is 5.91 Å². The van der Waals surface area contributed by atoms with E-state index in [1.165, 1.54) is 17.9 Å². The van der Waals surface area contributed by atoms with E-state index >= 15 is 0 Å². The van der Waals surface area contributed by atoms with Crippen molar-refractivity contribution in [1.82, 2.24) is 5.32 Å². The first-order valence-corrected chi connectivity index (χ1v) is 32.3. The van der Waals surface area contributed by atoms with E-state index < -0.39 is 26.0 Å². The van der Waals surface area contributed by atoms with Gasteiger partial charge in [-0.1, -0.05) is 70.8 Å². The van der Waals surface area contributed by atoms with Crippen molar-refractivity contribution >= 4 is 84.1 Å². The molecule has 0 bridgehead atoms. The molecule has 10 rings (SSSR count). The Bertz CT molecular complexity index is 3340. The van der Waals surface area contributed by atoms with Gasteiger partial charge in [0.25, 0.3) is 21.9 Å². The lowest BCUT2D eigenvalue weighted by molar-refractivity contribution is -0.121. The molecule has 5 aromatic rings. The summed E-state index contributed by atoms with van der Waals surface area (Å²) >= 11 is 0. The lowest BCUT2D eigenvalue weighted by Gasteiger charge is -2.34. The number of carbonyl (C=O) groups is 3. The van der Waals surface area contributed by atoms with Gasteiger partial charge in [-0.15, -0.1) is 0 Å². The number of para-hydroxylation sites is 2. The second kappa shape index (κ2) is 27.2. The molecule has 0 radical (unpaired) electrons. The zero-order chi connectivity index (χ0) is 59.0. The molecule has 0 spiro atoms. The lowest BCUT2D eigenvalue weighted by Crippen LogP contribution is -2.44. The maximum atomic E-state index is 14.3. The number of anilines is 4. The highest BCUT2D eigenvalue weighted by atomic mass is 33.1. The minimum Gasteiger partial charge on any atom is -0.493 e. The van der Waals surface area contributed by atoms with Gasteiger partial charge in [0, 0.05) is 85.1 Å². The van der Waals surface area contributed by atoms with E-state index in [1.807, 2.05) is 65.7 Å². The Hall–Kier alpha value is -6.53. The summed E-state index contributed by atoms with van der Waals surface area (Å²) in [6.07, 6.45) is 6.67. The Labute approximate surface area is 499 Å². The molecule has 4 heterocycles. The number of fused-ring (bicyclic) bond motifs is 8. The van der Waals surface area contributed by atoms with Gasteiger partial charge in [-0.3, -0.25) is 28.8 Å². The van der Waals surface area contributed by atoms with Gasteiger partial charge in [-0.25, -0.2) is 0 Å². The number of methoxy groups -OCH3 is 3. The van der Waals surface area contributed by atoms with E-state index in [0.29, 0.717) is 105 Å². The van der Waals surface area contributed by atoms with Crippen molar-refractivity contribution in [1.29, 1.82) is 0 Å². The van der Waals surface area contributed by atoms with Crippen LogP contribution >= 0.6 is 21.6 Å². The number of rotatable bonds is 28. The van der Waals surface area contributed by atoms with E-state index in [9.17, 15) is 27.4 Å². The van der Waals surface area contributed by atoms with Gasteiger partial charge in [-0.05, 0) is 104 Å². The van der Waals surface area contributed by atoms with Gasteiger partial charge in [0.15, 0.2) is 28.2 Å². The highest BCUT2D eigenvalue weighted by Crippen LogP contribution is 2.44. The molecule has 3 N–H and O–H groups in total. The Morgan fingerprint density at radius 2 is 1.40 bits per heavy atom. The van der Waals surface area contributed by atoms with Crippen molar-refractivity contribution in [3.05, 3.63) is 124 Å². The summed E-state index contributed by atoms with van der Waals surface area (Å²) in [7, 11) is 3.08. The number of aliphatic imine (C=N–C) groups is 1. The predicted molar refractivity (Wildman–Crippen MR) is 329 cm³/mol. The molecule has 1 fully saturated rings. The predicted octanol–water partition coefficient (Wildman–Crippen LogP) is 9.50. The normalized spacial score (nSPS) is 17.5. The van der Waals surface area contributed by atoms with Crippen LogP contribution in [-0.2, 0) is 55.2 Å². The van der Waals surface area contributed by atoms with Crippen molar-refractivity contribution in [2.75, 3.05) is 99.8 Å². The van der Waals surface area contributed by atoms with Gasteiger partial charge >= 0.3 is 0 Å². The number of hydrogen-bond donors (Lipinski definition) is 3. The topological polar surface area (TPSA) is 216 Å². The van der Waals surface area contributed by atoms with Crippen molar-refractivity contribution in [2.24, 2.45) is 4.99 Å². The molecule has 3 amide bonds. The van der Waals surface area contributed by atoms with Crippen LogP contribution in [0.2, 0.25) is 0 Å². The standard InChI is InChI=1S/C62H74N6O13S3/c1-62(2,83-82-25-18-58(84(72,73)74)59(69)65-44-14-8-9-15-44)39-66(19-20-78-23-24-79-22-21-75-3)45-27-40(37-80-56-33-50-48(31-54(56)76-4)60(70)67-46(35-63-50)29-42-12-6-10-16-52(42)67)26-41(28-45)38-81-57-34-51-49(32-55(57)77-5)61(71)68-47(36-64-51)30-43-13-7-11-17-53(43)68/h6-7,10-13,16-17,26-28,31-35,44,46-47,58,64H,8-9,14-15,18-25,29-30,36-39H2,1-5H3,(H,65,69)(H,72,73,74)/t46-,47?,58?/m0/s1. The highest BCUT2D eigenvalue weighted by molar-refractivity contribution is 8.77. The van der Waals surface area contributed by atoms with Crippen LogP contribution < -0.4 is 44.3 Å². The summed E-state index contributed by atoms with van der Waals surface area (Å²) < 4.78 is 76.8. The molecular formula is C62H74N6O13S3. The Kier molecular flexibility index (Phi) is 19.6. The number of benzene rings is 5. The fourth-order valence-electron chi connectivity index (χ4n) is 11.6. The molecule has 1 saturated carbocycles. The van der Waals surface area contributed by atoms with Crippen molar-refractivity contribution in [2.45, 2.75) is 100 Å². The fourth-order valence-corrected chi connectivity index (χ4v) is 15.1. The zero-order valence-corrected chi connectivity index (χ0v) is 50.6. The molecule has 5 aliphatic rings. The number of hydrogen-bond acceptors (Lipinski definition) is 17. The first kappa shape index (κ1) is 60.6. The van der Waals surface area contributed by atoms with Crippen LogP contribution in [0.1, 0.15) is 88.9 Å². The Morgan fingerprint density at radius 3 is 2.08 bits per heavy atom. The van der Waals surface area contributed by atoms with E-state index in [-0.39, 0.29) is 55.3 Å². The molecule has 1 aliphatic carbocycles. The van der Waals surface area contributed by atoms with Gasteiger partial charge in [-0.2, -0.15) is 8.42 Å². The third-order valence-corrected chi connectivity index (χ3v) is 20.1. The minimum atomic E-state index is -4.65. The fraction of sp³-hybridized carbons (Fsp3) is 0.452. The molecule has 4 aliphatic heterocycles. The molecule has 3 atom stereocenters. The Balaban J connectivity index is 0.924. The van der Waals surface area contributed by atoms with Crippen LogP contribution in [-0.4, -0.2) is 145 Å². The van der Waals surface area contributed by atoms with E-state index in [1.54, 1.807) is 48.1 Å². The lowest BCUT2D eigenvalue weighted by atomic mass is 10.1. The highest BCUT2D eigenvalue weighted by Gasteiger charge is 2.39. The zero-order valence-electron chi connectivity index (χ0n) is 48.1. The molecule has 448 valence electrons. The number of nitrogens with zero attached hydrogens (tertiary/aromatic N) is 4. The van der Waals surface area contributed by atoms with Gasteiger partial charge in [0.05, 0.1) is 81.8 Å². The maximum absolute atomic E-state index is 14.3. The van der Waals surface area contributed by atoms with Crippen LogP contribution in [0.3, 0.4) is 0 Å². The van der Waals surface area contributed by atoms with Crippen LogP contribution in [0.4, 0.5) is 28.4 Å². The summed E-state index contributed by atoms with van der Waals surface area (Å²) in [6, 6.07) is 28.6. The molecule has 22 heteroatoms. The summed E-state index contributed by atoms with van der Waals surface area (Å²) in [5.74, 6) is 0.937. The average molecular weight is 1210 g/mol. The van der Waals surface area contributed by atoms with Crippen LogP contribution in [0.15, 0.2) is 96.0 Å². The number of amides is 3. The smallest absolute Gasteiger partial charge is 0.276 e. The Morgan fingerprint density at radius 1 is 0.786 bits per heavy atom. The summed E-state index contributed by atoms with van der Waals surface area (Å²) in [4.78, 5) is 52.5. The summed E-state index contributed by atoms with van der Waals surface area (Å²) in [5.41, 5.74) is 8.39. The number of carbonyl (C=O) groups excluding carboxylic acids is 3. The number of ether oxygens (including phenoxy) is 7. The molecule has 0 aromatic heterocycles. The van der Waals surface area contributed by atoms with Crippen molar-refractivity contribution < 1.29 is 60.5 Å². The van der Waals surface area contributed by atoms with Crippen molar-refractivity contribution in [3.63, 3.8) is 0 Å². The second-order valence-electron chi connectivity index (χ2n) is 22.1. The maximum Gasteiger partial charge on any atom is 0.276 e. The molecule has 19 nitrogen and oxygen atoms in total. The van der Waals surface area contributed by atoms with E-state index in [0.717, 1.165) is 71.4 Å². The minimum absolute atomic E-state index is 0.0550. The van der Waals surface area contributed by atoms with E-state index in [2.05, 4.69) is 47.6 Å². The van der Waals surface area contributed by atoms with Crippen LogP contribution in [0.5, 0.6) is 23.0 Å². The van der Waals surface area contributed by atoms with Crippen LogP contribution in [0.25, 0.3) is 0 Å². The first-order chi connectivity index (χ1) is 40.6. The van der Waals surface area contributed by atoms with Gasteiger partial charge < -0.3 is 53.6 Å². The summed E-state index contributed by atoms with van der Waals surface area (Å²) in [5, 5.41) is 4.81. The number of nitrogens with one attached hydrogen (secondary N) is 2. The monoisotopic (exact) mass is 1210 g/mol. The molecular weight excluding hydrogens is 1130 g/mol. The average Bonchev–Trinajstić information content (AvgIpc) is 3.02. The molecule has 2 unspecified atom stereocenters. The SMILES string of the molecule is COCCOCCOCCN(CC(C)(C)SSCCC(C(=O)NC1CCCC1)S(=O)(=O)O)c1cc(COc2cc3c(cc2OC)C(=O)N2c4ccccc4C[C@H]2C=N3)cc(COc2cc3c(cc2OC)C(=O)N2c4ccccc4CC2CN3)c1. The quantitative estimate of drug-likeness (QED) is 0.0241. The van der Waals surface area contributed by atoms with E-state index in [4.69, 9.17) is 38.2 Å². The third kappa shape index (κ3) is 14.2. The molecule has 0 saturated heterocycles. The summed E-state index contributed by atoms with van der Waals surface area (Å²) in [6.45, 7) is 7.86. The molecule has 5 aromatic carbocycles. The van der Waals surface area contributed by atoms with Crippen molar-refractivity contribution in [3.8, 4) is 23.0 Å².